The standard InChI is InChI=1S/C13H5F9N2OS/c14-11(15,16)5-1-6(12(17,18)19)3-7(2-5)24-10(25)8-9(13(20,21)22)23-4-26-8/h1-4H,(H,24,25). The number of nitrogens with zero attached hydrogens (tertiary/aromatic N) is 1. The van der Waals surface area contributed by atoms with Gasteiger partial charge in [0.15, 0.2) is 5.69 Å². The Balaban J connectivity index is 2.43. The van der Waals surface area contributed by atoms with Crippen molar-refractivity contribution >= 4 is 22.9 Å². The van der Waals surface area contributed by atoms with E-state index in [9.17, 15) is 44.3 Å². The van der Waals surface area contributed by atoms with Crippen LogP contribution in [-0.4, -0.2) is 10.9 Å². The molecule has 26 heavy (non-hydrogen) atoms. The van der Waals surface area contributed by atoms with Crippen molar-refractivity contribution in [2.24, 2.45) is 0 Å². The average Bonchev–Trinajstić information content (AvgIpc) is 2.94. The Morgan fingerprint density at radius 2 is 1.35 bits per heavy atom. The van der Waals surface area contributed by atoms with Gasteiger partial charge in [-0.05, 0) is 18.2 Å². The zero-order chi connectivity index (χ0) is 19.9. The lowest BCUT2D eigenvalue weighted by atomic mass is 10.1. The monoisotopic (exact) mass is 408 g/mol. The number of benzene rings is 1. The maximum Gasteiger partial charge on any atom is 0.434 e. The van der Waals surface area contributed by atoms with Gasteiger partial charge in [-0.3, -0.25) is 4.79 Å². The number of alkyl halides is 9. The first-order chi connectivity index (χ1) is 11.7. The summed E-state index contributed by atoms with van der Waals surface area (Å²) < 4.78 is 114. The number of amides is 1. The van der Waals surface area contributed by atoms with Crippen molar-refractivity contribution in [3.63, 3.8) is 0 Å². The predicted octanol–water partition coefficient (Wildman–Crippen LogP) is 5.45. The molecule has 13 heteroatoms. The topological polar surface area (TPSA) is 42.0 Å². The number of aromatic nitrogens is 1. The highest BCUT2D eigenvalue weighted by Crippen LogP contribution is 2.38. The first-order valence-electron chi connectivity index (χ1n) is 6.31. The Kier molecular flexibility index (Phi) is 4.96. The van der Waals surface area contributed by atoms with Crippen LogP contribution in [-0.2, 0) is 18.5 Å². The number of halogens is 9. The Bertz CT molecular complexity index is 788. The van der Waals surface area contributed by atoms with Crippen molar-refractivity contribution in [3.05, 3.63) is 45.4 Å². The highest BCUT2D eigenvalue weighted by molar-refractivity contribution is 7.12. The van der Waals surface area contributed by atoms with Crippen molar-refractivity contribution in [3.8, 4) is 0 Å². The van der Waals surface area contributed by atoms with E-state index in [4.69, 9.17) is 0 Å². The number of thiazole rings is 1. The van der Waals surface area contributed by atoms with Crippen LogP contribution in [0.2, 0.25) is 0 Å². The lowest BCUT2D eigenvalue weighted by Gasteiger charge is -2.15. The lowest BCUT2D eigenvalue weighted by molar-refractivity contribution is -0.143. The van der Waals surface area contributed by atoms with E-state index in [0.717, 1.165) is 0 Å². The van der Waals surface area contributed by atoms with E-state index < -0.39 is 51.8 Å². The molecule has 142 valence electrons. The molecular weight excluding hydrogens is 403 g/mol. The first-order valence-corrected chi connectivity index (χ1v) is 7.19. The van der Waals surface area contributed by atoms with E-state index in [1.165, 1.54) is 0 Å². The minimum Gasteiger partial charge on any atom is -0.321 e. The first kappa shape index (κ1) is 20.0. The minimum absolute atomic E-state index is 0.177. The second kappa shape index (κ2) is 6.45. The predicted molar refractivity (Wildman–Crippen MR) is 71.5 cm³/mol. The third-order valence-electron chi connectivity index (χ3n) is 2.89. The smallest absolute Gasteiger partial charge is 0.321 e. The van der Waals surface area contributed by atoms with Crippen LogP contribution >= 0.6 is 11.3 Å². The molecule has 0 saturated heterocycles. The summed E-state index contributed by atoms with van der Waals surface area (Å²) in [7, 11) is 0. The van der Waals surface area contributed by atoms with Gasteiger partial charge in [0.05, 0.1) is 16.6 Å². The van der Waals surface area contributed by atoms with Gasteiger partial charge in [-0.25, -0.2) is 4.98 Å². The normalized spacial score (nSPS) is 13.0. The van der Waals surface area contributed by atoms with Crippen LogP contribution in [0, 0.1) is 0 Å². The van der Waals surface area contributed by atoms with Gasteiger partial charge in [-0.1, -0.05) is 0 Å². The molecule has 0 atom stereocenters. The molecule has 0 fully saturated rings. The quantitative estimate of drug-likeness (QED) is 0.672. The Labute approximate surface area is 142 Å². The summed E-state index contributed by atoms with van der Waals surface area (Å²) in [6, 6.07) is 0.187. The molecule has 2 aromatic rings. The maximum atomic E-state index is 12.7. The average molecular weight is 408 g/mol. The van der Waals surface area contributed by atoms with Crippen molar-refractivity contribution in [1.29, 1.82) is 0 Å². The van der Waals surface area contributed by atoms with Crippen molar-refractivity contribution in [2.75, 3.05) is 5.32 Å². The van der Waals surface area contributed by atoms with Gasteiger partial charge in [-0.2, -0.15) is 39.5 Å². The second-order valence-corrected chi connectivity index (χ2v) is 5.63. The van der Waals surface area contributed by atoms with Gasteiger partial charge >= 0.3 is 18.5 Å². The van der Waals surface area contributed by atoms with Crippen LogP contribution < -0.4 is 5.32 Å². The molecule has 0 aliphatic rings. The third kappa shape index (κ3) is 4.45. The fourth-order valence-corrected chi connectivity index (χ4v) is 2.53. The van der Waals surface area contributed by atoms with E-state index in [-0.39, 0.29) is 29.5 Å². The summed E-state index contributed by atoms with van der Waals surface area (Å²) >= 11 is 0.236. The molecule has 0 radical (unpaired) electrons. The minimum atomic E-state index is -5.16. The molecular formula is C13H5F9N2OS. The molecule has 0 aliphatic carbocycles. The number of carbonyl (C=O) groups excluding carboxylic acids is 1. The number of anilines is 1. The zero-order valence-electron chi connectivity index (χ0n) is 12.0. The summed E-state index contributed by atoms with van der Waals surface area (Å²) in [5.41, 5.74) is -5.32. The summed E-state index contributed by atoms with van der Waals surface area (Å²) in [4.78, 5) is 13.8. The third-order valence-corrected chi connectivity index (χ3v) is 3.71. The molecule has 0 aliphatic heterocycles. The van der Waals surface area contributed by atoms with E-state index >= 15 is 0 Å². The number of hydrogen-bond donors (Lipinski definition) is 1. The fourth-order valence-electron chi connectivity index (χ4n) is 1.82. The molecule has 3 nitrogen and oxygen atoms in total. The molecule has 1 N–H and O–H groups in total. The van der Waals surface area contributed by atoms with E-state index in [1.54, 1.807) is 5.32 Å². The zero-order valence-corrected chi connectivity index (χ0v) is 12.8. The summed E-state index contributed by atoms with van der Waals surface area (Å²) in [5.74, 6) is -1.53. The number of rotatable bonds is 2. The highest BCUT2D eigenvalue weighted by atomic mass is 32.1. The molecule has 2 rings (SSSR count). The summed E-state index contributed by atoms with van der Waals surface area (Å²) in [5, 5.41) is 1.61. The van der Waals surface area contributed by atoms with Crippen LogP contribution in [0.4, 0.5) is 45.2 Å². The molecule has 1 heterocycles. The Hall–Kier alpha value is -2.31. The molecule has 1 aromatic heterocycles. The summed E-state index contributed by atoms with van der Waals surface area (Å²) in [6.07, 6.45) is -15.3. The van der Waals surface area contributed by atoms with Crippen LogP contribution in [0.3, 0.4) is 0 Å². The van der Waals surface area contributed by atoms with Gasteiger partial charge < -0.3 is 5.32 Å². The van der Waals surface area contributed by atoms with Gasteiger partial charge in [0.2, 0.25) is 0 Å². The van der Waals surface area contributed by atoms with Crippen molar-refractivity contribution in [1.82, 2.24) is 4.98 Å². The van der Waals surface area contributed by atoms with E-state index in [2.05, 4.69) is 4.98 Å². The SMILES string of the molecule is O=C(Nc1cc(C(F)(F)F)cc(C(F)(F)F)c1)c1scnc1C(F)(F)F. The molecule has 0 saturated carbocycles. The largest absolute Gasteiger partial charge is 0.434 e. The summed E-state index contributed by atoms with van der Waals surface area (Å²) in [6.45, 7) is 0. The fraction of sp³-hybridized carbons (Fsp3) is 0.231. The number of carbonyl (C=O) groups is 1. The number of nitrogens with one attached hydrogen (secondary N) is 1. The van der Waals surface area contributed by atoms with Gasteiger partial charge in [0.1, 0.15) is 4.88 Å². The van der Waals surface area contributed by atoms with Crippen LogP contribution in [0.15, 0.2) is 23.7 Å². The molecule has 1 aromatic carbocycles. The van der Waals surface area contributed by atoms with Crippen molar-refractivity contribution in [2.45, 2.75) is 18.5 Å². The van der Waals surface area contributed by atoms with E-state index in [1.807, 2.05) is 0 Å². The van der Waals surface area contributed by atoms with Crippen LogP contribution in [0.1, 0.15) is 26.5 Å². The maximum absolute atomic E-state index is 12.7. The van der Waals surface area contributed by atoms with Crippen molar-refractivity contribution < 1.29 is 44.3 Å². The molecule has 0 unspecified atom stereocenters. The van der Waals surface area contributed by atoms with Gasteiger partial charge in [0, 0.05) is 5.69 Å². The lowest BCUT2D eigenvalue weighted by Crippen LogP contribution is -2.18. The van der Waals surface area contributed by atoms with Crippen LogP contribution in [0.5, 0.6) is 0 Å². The molecule has 1 amide bonds. The Morgan fingerprint density at radius 3 is 1.77 bits per heavy atom. The second-order valence-electron chi connectivity index (χ2n) is 4.78. The molecule has 0 bridgehead atoms. The van der Waals surface area contributed by atoms with Gasteiger partial charge in [0.25, 0.3) is 5.91 Å². The van der Waals surface area contributed by atoms with Crippen LogP contribution in [0.25, 0.3) is 0 Å². The number of hydrogen-bond acceptors (Lipinski definition) is 3. The Morgan fingerprint density at radius 1 is 0.846 bits per heavy atom. The van der Waals surface area contributed by atoms with E-state index in [0.29, 0.717) is 5.51 Å². The molecule has 0 spiro atoms. The van der Waals surface area contributed by atoms with Gasteiger partial charge in [-0.15, -0.1) is 11.3 Å². The highest BCUT2D eigenvalue weighted by Gasteiger charge is 2.39.